The number of fused-ring (bicyclic) bond motifs is 1. The molecule has 21 heavy (non-hydrogen) atoms. The maximum absolute atomic E-state index is 5.80. The molecule has 2 N–H and O–H groups in total. The Morgan fingerprint density at radius 3 is 2.90 bits per heavy atom. The molecule has 2 aromatic rings. The summed E-state index contributed by atoms with van der Waals surface area (Å²) >= 11 is 0. The molecule has 1 saturated heterocycles. The lowest BCUT2D eigenvalue weighted by atomic mass is 9.97. The van der Waals surface area contributed by atoms with Crippen molar-refractivity contribution in [2.75, 3.05) is 13.1 Å². The number of imidazole rings is 1. The highest BCUT2D eigenvalue weighted by molar-refractivity contribution is 5.75. The Labute approximate surface area is 126 Å². The van der Waals surface area contributed by atoms with Crippen LogP contribution in [0.1, 0.15) is 44.5 Å². The second kappa shape index (κ2) is 6.16. The topological polar surface area (TPSA) is 47.1 Å². The molecular formula is C17H26N4. The molecule has 2 heterocycles. The van der Waals surface area contributed by atoms with E-state index in [-0.39, 0.29) is 0 Å². The number of nitrogens with two attached hydrogens (primary N) is 1. The Kier molecular flexibility index (Phi) is 4.27. The highest BCUT2D eigenvalue weighted by Crippen LogP contribution is 2.30. The van der Waals surface area contributed by atoms with Crippen LogP contribution in [-0.4, -0.2) is 33.6 Å². The highest BCUT2D eigenvalue weighted by Gasteiger charge is 2.29. The SMILES string of the molecule is CC(c1nc2ccccc2n1C)N1CCCCC1CCN. The third-order valence-electron chi connectivity index (χ3n) is 4.87. The van der Waals surface area contributed by atoms with E-state index in [0.29, 0.717) is 12.1 Å². The zero-order valence-electron chi connectivity index (χ0n) is 13.1. The normalized spacial score (nSPS) is 21.8. The first-order chi connectivity index (χ1) is 10.2. The fourth-order valence-electron chi connectivity index (χ4n) is 3.72. The smallest absolute Gasteiger partial charge is 0.126 e. The zero-order chi connectivity index (χ0) is 14.8. The number of para-hydroxylation sites is 2. The van der Waals surface area contributed by atoms with Gasteiger partial charge in [0.05, 0.1) is 17.1 Å². The summed E-state index contributed by atoms with van der Waals surface area (Å²) in [5.41, 5.74) is 8.11. The molecule has 0 radical (unpaired) electrons. The highest BCUT2D eigenvalue weighted by atomic mass is 15.2. The third kappa shape index (κ3) is 2.70. The van der Waals surface area contributed by atoms with Crippen LogP contribution in [-0.2, 0) is 7.05 Å². The minimum absolute atomic E-state index is 0.347. The zero-order valence-corrected chi connectivity index (χ0v) is 13.1. The molecule has 1 fully saturated rings. The summed E-state index contributed by atoms with van der Waals surface area (Å²) in [6.07, 6.45) is 4.98. The maximum Gasteiger partial charge on any atom is 0.126 e. The van der Waals surface area contributed by atoms with Gasteiger partial charge in [0.1, 0.15) is 5.82 Å². The lowest BCUT2D eigenvalue weighted by Gasteiger charge is -2.39. The van der Waals surface area contributed by atoms with Crippen molar-refractivity contribution in [1.82, 2.24) is 14.5 Å². The van der Waals surface area contributed by atoms with Crippen LogP contribution in [0.15, 0.2) is 24.3 Å². The fraction of sp³-hybridized carbons (Fsp3) is 0.588. The van der Waals surface area contributed by atoms with Crippen LogP contribution in [0.25, 0.3) is 11.0 Å². The van der Waals surface area contributed by atoms with Gasteiger partial charge in [0.25, 0.3) is 0 Å². The van der Waals surface area contributed by atoms with Crippen LogP contribution in [0.2, 0.25) is 0 Å². The molecule has 1 aliphatic rings. The lowest BCUT2D eigenvalue weighted by molar-refractivity contribution is 0.0930. The molecule has 4 heteroatoms. The second-order valence-electron chi connectivity index (χ2n) is 6.16. The first kappa shape index (κ1) is 14.5. The summed E-state index contributed by atoms with van der Waals surface area (Å²) in [4.78, 5) is 7.48. The Morgan fingerprint density at radius 1 is 1.33 bits per heavy atom. The molecule has 2 atom stereocenters. The Hall–Kier alpha value is -1.39. The lowest BCUT2D eigenvalue weighted by Crippen LogP contribution is -2.42. The van der Waals surface area contributed by atoms with Crippen LogP contribution in [0, 0.1) is 0 Å². The molecule has 0 amide bonds. The fourth-order valence-corrected chi connectivity index (χ4v) is 3.72. The van der Waals surface area contributed by atoms with Gasteiger partial charge in [0, 0.05) is 13.1 Å². The minimum Gasteiger partial charge on any atom is -0.330 e. The van der Waals surface area contributed by atoms with Crippen molar-refractivity contribution < 1.29 is 0 Å². The molecule has 1 aliphatic heterocycles. The van der Waals surface area contributed by atoms with Crippen LogP contribution in [0.5, 0.6) is 0 Å². The monoisotopic (exact) mass is 286 g/mol. The van der Waals surface area contributed by atoms with Gasteiger partial charge in [-0.15, -0.1) is 0 Å². The number of piperidine rings is 1. The summed E-state index contributed by atoms with van der Waals surface area (Å²) < 4.78 is 2.24. The molecule has 0 saturated carbocycles. The van der Waals surface area contributed by atoms with Crippen molar-refractivity contribution in [1.29, 1.82) is 0 Å². The van der Waals surface area contributed by atoms with E-state index in [0.717, 1.165) is 25.0 Å². The van der Waals surface area contributed by atoms with Crippen LogP contribution in [0.4, 0.5) is 0 Å². The third-order valence-corrected chi connectivity index (χ3v) is 4.87. The van der Waals surface area contributed by atoms with E-state index in [1.807, 2.05) is 0 Å². The number of aromatic nitrogens is 2. The van der Waals surface area contributed by atoms with Crippen molar-refractivity contribution >= 4 is 11.0 Å². The van der Waals surface area contributed by atoms with Crippen LogP contribution < -0.4 is 5.73 Å². The number of hydrogen-bond donors (Lipinski definition) is 1. The summed E-state index contributed by atoms with van der Waals surface area (Å²) in [5.74, 6) is 1.17. The van der Waals surface area contributed by atoms with Gasteiger partial charge in [-0.1, -0.05) is 18.6 Å². The average molecular weight is 286 g/mol. The standard InChI is InChI=1S/C17H26N4/c1-13(21-12-6-5-7-14(21)10-11-18)17-19-15-8-3-4-9-16(15)20(17)2/h3-4,8-9,13-14H,5-7,10-12,18H2,1-2H3. The van der Waals surface area contributed by atoms with Gasteiger partial charge in [-0.05, 0) is 51.4 Å². The van der Waals surface area contributed by atoms with E-state index in [4.69, 9.17) is 10.7 Å². The van der Waals surface area contributed by atoms with Gasteiger partial charge in [0.15, 0.2) is 0 Å². The van der Waals surface area contributed by atoms with Gasteiger partial charge in [-0.2, -0.15) is 0 Å². The molecule has 1 aromatic heterocycles. The Bertz CT molecular complexity index is 602. The molecule has 4 nitrogen and oxygen atoms in total. The number of likely N-dealkylation sites (tertiary alicyclic amines) is 1. The number of benzene rings is 1. The molecule has 0 spiro atoms. The summed E-state index contributed by atoms with van der Waals surface area (Å²) in [5, 5.41) is 0. The van der Waals surface area contributed by atoms with Crippen LogP contribution >= 0.6 is 0 Å². The molecule has 0 bridgehead atoms. The Balaban J connectivity index is 1.91. The van der Waals surface area contributed by atoms with Crippen LogP contribution in [0.3, 0.4) is 0 Å². The summed E-state index contributed by atoms with van der Waals surface area (Å²) in [7, 11) is 2.13. The number of rotatable bonds is 4. The molecule has 2 unspecified atom stereocenters. The van der Waals surface area contributed by atoms with E-state index in [9.17, 15) is 0 Å². The van der Waals surface area contributed by atoms with E-state index in [1.165, 1.54) is 30.6 Å². The van der Waals surface area contributed by atoms with Gasteiger partial charge in [-0.25, -0.2) is 4.98 Å². The van der Waals surface area contributed by atoms with E-state index < -0.39 is 0 Å². The first-order valence-corrected chi connectivity index (χ1v) is 8.09. The molecule has 114 valence electrons. The van der Waals surface area contributed by atoms with Gasteiger partial charge >= 0.3 is 0 Å². The Morgan fingerprint density at radius 2 is 2.14 bits per heavy atom. The largest absolute Gasteiger partial charge is 0.330 e. The molecule has 1 aromatic carbocycles. The van der Waals surface area contributed by atoms with Crippen molar-refractivity contribution in [2.45, 2.75) is 44.7 Å². The maximum atomic E-state index is 5.80. The van der Waals surface area contributed by atoms with E-state index >= 15 is 0 Å². The second-order valence-corrected chi connectivity index (χ2v) is 6.16. The average Bonchev–Trinajstić information content (AvgIpc) is 2.85. The van der Waals surface area contributed by atoms with Gasteiger partial charge in [0.2, 0.25) is 0 Å². The summed E-state index contributed by atoms with van der Waals surface area (Å²) in [6, 6.07) is 9.34. The van der Waals surface area contributed by atoms with E-state index in [2.05, 4.69) is 47.7 Å². The predicted molar refractivity (Wildman–Crippen MR) is 87.1 cm³/mol. The number of aryl methyl sites for hydroxylation is 1. The first-order valence-electron chi connectivity index (χ1n) is 8.09. The van der Waals surface area contributed by atoms with Gasteiger partial charge < -0.3 is 10.3 Å². The van der Waals surface area contributed by atoms with Crippen molar-refractivity contribution in [3.8, 4) is 0 Å². The minimum atomic E-state index is 0.347. The molecular weight excluding hydrogens is 260 g/mol. The number of nitrogens with zero attached hydrogens (tertiary/aromatic N) is 3. The summed E-state index contributed by atoms with van der Waals surface area (Å²) in [6.45, 7) is 4.22. The van der Waals surface area contributed by atoms with Crippen molar-refractivity contribution in [2.24, 2.45) is 12.8 Å². The molecule has 3 rings (SSSR count). The quantitative estimate of drug-likeness (QED) is 0.940. The predicted octanol–water partition coefficient (Wildman–Crippen LogP) is 2.84. The van der Waals surface area contributed by atoms with Gasteiger partial charge in [-0.3, -0.25) is 4.90 Å². The van der Waals surface area contributed by atoms with Crippen molar-refractivity contribution in [3.63, 3.8) is 0 Å². The van der Waals surface area contributed by atoms with Crippen molar-refractivity contribution in [3.05, 3.63) is 30.1 Å². The van der Waals surface area contributed by atoms with E-state index in [1.54, 1.807) is 0 Å². The number of hydrogen-bond acceptors (Lipinski definition) is 3. The molecule has 0 aliphatic carbocycles.